The number of benzene rings is 2. The van der Waals surface area contributed by atoms with Gasteiger partial charge in [-0.25, -0.2) is 8.42 Å². The molecule has 0 unspecified atom stereocenters. The standard InChI is InChI=1S/C13H11N3O6S/c14-13(18)8-1-3-9(4-2-8)15-23(21,22)10-5-6-12(17)11(7-10)16(19)20/h1-7,15,17H,(H2,14,18). The van der Waals surface area contributed by atoms with Crippen molar-refractivity contribution in [3.63, 3.8) is 0 Å². The predicted molar refractivity (Wildman–Crippen MR) is 80.5 cm³/mol. The maximum absolute atomic E-state index is 12.2. The highest BCUT2D eigenvalue weighted by Crippen LogP contribution is 2.29. The lowest BCUT2D eigenvalue weighted by Crippen LogP contribution is -2.14. The quantitative estimate of drug-likeness (QED) is 0.550. The predicted octanol–water partition coefficient (Wildman–Crippen LogP) is 1.20. The number of phenols is 1. The number of carbonyl (C=O) groups is 1. The van der Waals surface area contributed by atoms with Crippen LogP contribution < -0.4 is 10.5 Å². The Hall–Kier alpha value is -3.14. The van der Waals surface area contributed by atoms with Crippen LogP contribution in [-0.4, -0.2) is 24.4 Å². The molecule has 120 valence electrons. The van der Waals surface area contributed by atoms with Crippen LogP contribution in [0.3, 0.4) is 0 Å². The Morgan fingerprint density at radius 2 is 1.78 bits per heavy atom. The SMILES string of the molecule is NC(=O)c1ccc(NS(=O)(=O)c2ccc(O)c([N+](=O)[O-])c2)cc1. The van der Waals surface area contributed by atoms with Gasteiger partial charge in [-0.3, -0.25) is 19.6 Å². The molecule has 0 atom stereocenters. The lowest BCUT2D eigenvalue weighted by atomic mass is 10.2. The van der Waals surface area contributed by atoms with Gasteiger partial charge in [-0.2, -0.15) is 0 Å². The summed E-state index contributed by atoms with van der Waals surface area (Å²) in [7, 11) is -4.10. The summed E-state index contributed by atoms with van der Waals surface area (Å²) in [6.45, 7) is 0. The third kappa shape index (κ3) is 3.55. The van der Waals surface area contributed by atoms with Gasteiger partial charge in [-0.05, 0) is 36.4 Å². The first-order valence-electron chi connectivity index (χ1n) is 6.11. The third-order valence-corrected chi connectivity index (χ3v) is 4.25. The molecule has 0 aliphatic heterocycles. The summed E-state index contributed by atoms with van der Waals surface area (Å²) in [6.07, 6.45) is 0. The summed E-state index contributed by atoms with van der Waals surface area (Å²) < 4.78 is 26.6. The number of nitro groups is 1. The molecule has 4 N–H and O–H groups in total. The number of anilines is 1. The summed E-state index contributed by atoms with van der Waals surface area (Å²) in [5.74, 6) is -1.30. The number of nitro benzene ring substituents is 1. The Labute approximate surface area is 130 Å². The summed E-state index contributed by atoms with van der Waals surface area (Å²) >= 11 is 0. The maximum atomic E-state index is 12.2. The normalized spacial score (nSPS) is 11.0. The maximum Gasteiger partial charge on any atom is 0.312 e. The zero-order valence-electron chi connectivity index (χ0n) is 11.5. The molecular weight excluding hydrogens is 326 g/mol. The number of nitrogens with zero attached hydrogens (tertiary/aromatic N) is 1. The van der Waals surface area contributed by atoms with Gasteiger partial charge >= 0.3 is 5.69 Å². The molecule has 23 heavy (non-hydrogen) atoms. The van der Waals surface area contributed by atoms with E-state index in [1.54, 1.807) is 0 Å². The number of rotatable bonds is 5. The monoisotopic (exact) mass is 337 g/mol. The fourth-order valence-corrected chi connectivity index (χ4v) is 2.81. The van der Waals surface area contributed by atoms with Gasteiger partial charge in [0, 0.05) is 17.3 Å². The Morgan fingerprint density at radius 3 is 2.30 bits per heavy atom. The largest absolute Gasteiger partial charge is 0.502 e. The molecule has 0 fully saturated rings. The van der Waals surface area contributed by atoms with Gasteiger partial charge in [0.05, 0.1) is 9.82 Å². The molecular formula is C13H11N3O6S. The zero-order chi connectivity index (χ0) is 17.2. The van der Waals surface area contributed by atoms with E-state index in [1.165, 1.54) is 24.3 Å². The zero-order valence-corrected chi connectivity index (χ0v) is 12.3. The first kappa shape index (κ1) is 16.2. The number of primary amides is 1. The minimum absolute atomic E-state index is 0.144. The van der Waals surface area contributed by atoms with E-state index in [0.717, 1.165) is 18.2 Å². The molecule has 0 aromatic heterocycles. The van der Waals surface area contributed by atoms with Crippen molar-refractivity contribution >= 4 is 27.3 Å². The van der Waals surface area contributed by atoms with Gasteiger partial charge in [0.1, 0.15) is 0 Å². The number of hydrogen-bond donors (Lipinski definition) is 3. The van der Waals surface area contributed by atoms with Crippen molar-refractivity contribution in [2.75, 3.05) is 4.72 Å². The van der Waals surface area contributed by atoms with E-state index in [1.807, 2.05) is 0 Å². The van der Waals surface area contributed by atoms with E-state index in [0.29, 0.717) is 0 Å². The van der Waals surface area contributed by atoms with Crippen molar-refractivity contribution in [2.45, 2.75) is 4.90 Å². The van der Waals surface area contributed by atoms with Crippen LogP contribution in [0.1, 0.15) is 10.4 Å². The fraction of sp³-hybridized carbons (Fsp3) is 0. The topological polar surface area (TPSA) is 153 Å². The molecule has 1 amide bonds. The average Bonchev–Trinajstić information content (AvgIpc) is 2.47. The number of amides is 1. The van der Waals surface area contributed by atoms with Gasteiger partial charge in [-0.15, -0.1) is 0 Å². The van der Waals surface area contributed by atoms with Crippen molar-refractivity contribution < 1.29 is 23.2 Å². The van der Waals surface area contributed by atoms with E-state index in [2.05, 4.69) is 4.72 Å². The second-order valence-electron chi connectivity index (χ2n) is 4.45. The van der Waals surface area contributed by atoms with Crippen LogP contribution in [0.25, 0.3) is 0 Å². The second kappa shape index (κ2) is 5.93. The minimum Gasteiger partial charge on any atom is -0.502 e. The smallest absolute Gasteiger partial charge is 0.312 e. The lowest BCUT2D eigenvalue weighted by molar-refractivity contribution is -0.386. The Morgan fingerprint density at radius 1 is 1.17 bits per heavy atom. The van der Waals surface area contributed by atoms with Crippen LogP contribution in [0.5, 0.6) is 5.75 Å². The summed E-state index contributed by atoms with van der Waals surface area (Å²) in [5.41, 5.74) is 4.70. The number of carbonyl (C=O) groups excluding carboxylic acids is 1. The highest BCUT2D eigenvalue weighted by atomic mass is 32.2. The molecule has 9 nitrogen and oxygen atoms in total. The molecule has 0 bridgehead atoms. The van der Waals surface area contributed by atoms with Gasteiger partial charge in [0.15, 0.2) is 5.75 Å². The molecule has 0 saturated heterocycles. The van der Waals surface area contributed by atoms with Gasteiger partial charge in [-0.1, -0.05) is 0 Å². The molecule has 0 heterocycles. The van der Waals surface area contributed by atoms with Crippen molar-refractivity contribution in [2.24, 2.45) is 5.73 Å². The third-order valence-electron chi connectivity index (χ3n) is 2.88. The second-order valence-corrected chi connectivity index (χ2v) is 6.14. The van der Waals surface area contributed by atoms with Crippen LogP contribution in [0, 0.1) is 10.1 Å². The molecule has 0 aliphatic carbocycles. The van der Waals surface area contributed by atoms with Gasteiger partial charge in [0.25, 0.3) is 10.0 Å². The van der Waals surface area contributed by atoms with Crippen LogP contribution in [0.4, 0.5) is 11.4 Å². The van der Waals surface area contributed by atoms with Gasteiger partial charge < -0.3 is 10.8 Å². The Kier molecular flexibility index (Phi) is 4.18. The molecule has 0 spiro atoms. The first-order valence-corrected chi connectivity index (χ1v) is 7.59. The summed E-state index contributed by atoms with van der Waals surface area (Å²) in [6, 6.07) is 8.01. The number of sulfonamides is 1. The number of nitrogens with two attached hydrogens (primary N) is 1. The molecule has 10 heteroatoms. The number of aromatic hydroxyl groups is 1. The Bertz CT molecular complexity index is 877. The van der Waals surface area contributed by atoms with Crippen molar-refractivity contribution in [3.05, 3.63) is 58.1 Å². The summed E-state index contributed by atoms with van der Waals surface area (Å²) in [5, 5.41) is 20.1. The van der Waals surface area contributed by atoms with Crippen LogP contribution in [-0.2, 0) is 10.0 Å². The number of nitrogens with one attached hydrogen (secondary N) is 1. The molecule has 2 rings (SSSR count). The van der Waals surface area contributed by atoms with E-state index >= 15 is 0 Å². The molecule has 0 aliphatic rings. The van der Waals surface area contributed by atoms with Crippen molar-refractivity contribution in [1.29, 1.82) is 0 Å². The van der Waals surface area contributed by atoms with Crippen molar-refractivity contribution in [1.82, 2.24) is 0 Å². The van der Waals surface area contributed by atoms with E-state index in [-0.39, 0.29) is 16.1 Å². The highest BCUT2D eigenvalue weighted by Gasteiger charge is 2.21. The van der Waals surface area contributed by atoms with Gasteiger partial charge in [0.2, 0.25) is 5.91 Å². The van der Waals surface area contributed by atoms with E-state index in [9.17, 15) is 28.4 Å². The van der Waals surface area contributed by atoms with Crippen LogP contribution >= 0.6 is 0 Å². The molecule has 2 aromatic carbocycles. The van der Waals surface area contributed by atoms with E-state index < -0.39 is 32.3 Å². The average molecular weight is 337 g/mol. The fourth-order valence-electron chi connectivity index (χ4n) is 1.73. The van der Waals surface area contributed by atoms with Crippen LogP contribution in [0.2, 0.25) is 0 Å². The minimum atomic E-state index is -4.10. The Balaban J connectivity index is 2.33. The first-order chi connectivity index (χ1) is 10.7. The highest BCUT2D eigenvalue weighted by molar-refractivity contribution is 7.92. The van der Waals surface area contributed by atoms with Crippen molar-refractivity contribution in [3.8, 4) is 5.75 Å². The van der Waals surface area contributed by atoms with E-state index in [4.69, 9.17) is 5.73 Å². The molecule has 0 saturated carbocycles. The number of phenolic OH excluding ortho intramolecular Hbond substituents is 1. The van der Waals surface area contributed by atoms with Crippen LogP contribution in [0.15, 0.2) is 47.4 Å². The number of hydrogen-bond acceptors (Lipinski definition) is 6. The molecule has 2 aromatic rings. The molecule has 0 radical (unpaired) electrons. The summed E-state index contributed by atoms with van der Waals surface area (Å²) in [4.78, 5) is 20.4. The lowest BCUT2D eigenvalue weighted by Gasteiger charge is -2.08.